The highest BCUT2D eigenvalue weighted by molar-refractivity contribution is 9.10. The lowest BCUT2D eigenvalue weighted by Crippen LogP contribution is -2.28. The molecule has 2 N–H and O–H groups in total. The van der Waals surface area contributed by atoms with Gasteiger partial charge in [0.15, 0.2) is 0 Å². The third-order valence-electron chi connectivity index (χ3n) is 5.25. The summed E-state index contributed by atoms with van der Waals surface area (Å²) in [7, 11) is 1.68. The Morgan fingerprint density at radius 3 is 2.26 bits per heavy atom. The van der Waals surface area contributed by atoms with Crippen molar-refractivity contribution in [3.8, 4) is 5.75 Å². The number of ether oxygens (including phenoxy) is 1. The Kier molecular flexibility index (Phi) is 3.74. The first-order valence-electron chi connectivity index (χ1n) is 6.80. The highest BCUT2D eigenvalue weighted by atomic mass is 79.9. The zero-order valence-corrected chi connectivity index (χ0v) is 14.0. The Morgan fingerprint density at radius 2 is 1.84 bits per heavy atom. The average molecular weight is 326 g/mol. The molecule has 0 amide bonds. The Balaban J connectivity index is 2.09. The van der Waals surface area contributed by atoms with Crippen LogP contribution < -0.4 is 10.5 Å². The lowest BCUT2D eigenvalue weighted by molar-refractivity contribution is 0.411. The number of nitrogens with two attached hydrogens (primary N) is 1. The minimum absolute atomic E-state index is 0.213. The van der Waals surface area contributed by atoms with Crippen LogP contribution in [0.5, 0.6) is 5.75 Å². The van der Waals surface area contributed by atoms with Crippen molar-refractivity contribution < 1.29 is 4.74 Å². The van der Waals surface area contributed by atoms with Crippen LogP contribution in [0.1, 0.15) is 33.3 Å². The average Bonchev–Trinajstić information content (AvgIpc) is 2.69. The van der Waals surface area contributed by atoms with Gasteiger partial charge in [0.25, 0.3) is 0 Å². The van der Waals surface area contributed by atoms with E-state index in [4.69, 9.17) is 10.5 Å². The normalized spacial score (nSPS) is 22.1. The number of hydrogen-bond acceptors (Lipinski definition) is 2. The molecule has 1 aliphatic rings. The predicted octanol–water partition coefficient (Wildman–Crippen LogP) is 4.01. The molecule has 0 aliphatic heterocycles. The van der Waals surface area contributed by atoms with Crippen LogP contribution in [-0.4, -0.2) is 13.2 Å². The molecule has 1 fully saturated rings. The van der Waals surface area contributed by atoms with Gasteiger partial charge in [-0.3, -0.25) is 0 Å². The second-order valence-electron chi connectivity index (χ2n) is 6.76. The smallest absolute Gasteiger partial charge is 0.133 e. The molecule has 1 unspecified atom stereocenters. The molecule has 0 heterocycles. The summed E-state index contributed by atoms with van der Waals surface area (Å²) in [5.41, 5.74) is 8.39. The van der Waals surface area contributed by atoms with E-state index in [-0.39, 0.29) is 6.04 Å². The van der Waals surface area contributed by atoms with E-state index in [0.717, 1.165) is 16.6 Å². The van der Waals surface area contributed by atoms with Gasteiger partial charge in [-0.1, -0.05) is 33.8 Å². The highest BCUT2D eigenvalue weighted by Crippen LogP contribution is 2.69. The maximum atomic E-state index is 6.44. The SMILES string of the molecule is COc1ccc(CC(N)C2C(C)(C)C2(C)C)cc1Br. The van der Waals surface area contributed by atoms with Gasteiger partial charge in [-0.15, -0.1) is 0 Å². The van der Waals surface area contributed by atoms with Gasteiger partial charge in [0.2, 0.25) is 0 Å². The van der Waals surface area contributed by atoms with E-state index >= 15 is 0 Å². The first-order valence-corrected chi connectivity index (χ1v) is 7.59. The monoisotopic (exact) mass is 325 g/mol. The molecule has 1 aliphatic carbocycles. The van der Waals surface area contributed by atoms with Gasteiger partial charge in [-0.25, -0.2) is 0 Å². The van der Waals surface area contributed by atoms with Crippen molar-refractivity contribution in [2.75, 3.05) is 7.11 Å². The van der Waals surface area contributed by atoms with Gasteiger partial charge >= 0.3 is 0 Å². The predicted molar refractivity (Wildman–Crippen MR) is 83.4 cm³/mol. The van der Waals surface area contributed by atoms with E-state index in [2.05, 4.69) is 55.8 Å². The van der Waals surface area contributed by atoms with Crippen LogP contribution in [0, 0.1) is 16.7 Å². The molecule has 2 nitrogen and oxygen atoms in total. The number of benzene rings is 1. The van der Waals surface area contributed by atoms with Crippen LogP contribution in [-0.2, 0) is 6.42 Å². The molecule has 1 saturated carbocycles. The zero-order valence-electron chi connectivity index (χ0n) is 12.5. The zero-order chi connectivity index (χ0) is 14.4. The van der Waals surface area contributed by atoms with E-state index in [1.165, 1.54) is 5.56 Å². The van der Waals surface area contributed by atoms with Crippen LogP contribution in [0.25, 0.3) is 0 Å². The van der Waals surface area contributed by atoms with Crippen molar-refractivity contribution in [1.29, 1.82) is 0 Å². The number of rotatable bonds is 4. The molecular weight excluding hydrogens is 302 g/mol. The van der Waals surface area contributed by atoms with Crippen molar-refractivity contribution in [2.45, 2.75) is 40.2 Å². The summed E-state index contributed by atoms with van der Waals surface area (Å²) in [6.07, 6.45) is 0.917. The third-order valence-corrected chi connectivity index (χ3v) is 5.87. The minimum Gasteiger partial charge on any atom is -0.496 e. The molecule has 0 saturated heterocycles. The van der Waals surface area contributed by atoms with Crippen molar-refractivity contribution in [1.82, 2.24) is 0 Å². The van der Waals surface area contributed by atoms with Crippen molar-refractivity contribution >= 4 is 15.9 Å². The second-order valence-corrected chi connectivity index (χ2v) is 7.61. The highest BCUT2D eigenvalue weighted by Gasteiger charge is 2.66. The molecule has 106 valence electrons. The van der Waals surface area contributed by atoms with Gasteiger partial charge < -0.3 is 10.5 Å². The third kappa shape index (κ3) is 2.43. The van der Waals surface area contributed by atoms with Crippen molar-refractivity contribution in [2.24, 2.45) is 22.5 Å². The van der Waals surface area contributed by atoms with Gasteiger partial charge in [-0.05, 0) is 56.8 Å². The molecule has 1 aromatic carbocycles. The standard InChI is InChI=1S/C16H24BrNO/c1-15(2)14(16(15,3)4)12(18)9-10-6-7-13(19-5)11(17)8-10/h6-8,12,14H,9,18H2,1-5H3. The molecule has 0 aromatic heterocycles. The molecule has 19 heavy (non-hydrogen) atoms. The fourth-order valence-corrected chi connectivity index (χ4v) is 4.13. The van der Waals surface area contributed by atoms with E-state index in [9.17, 15) is 0 Å². The first-order chi connectivity index (χ1) is 8.71. The van der Waals surface area contributed by atoms with Crippen LogP contribution in [0.4, 0.5) is 0 Å². The van der Waals surface area contributed by atoms with Crippen LogP contribution in [0.3, 0.4) is 0 Å². The van der Waals surface area contributed by atoms with E-state index in [1.807, 2.05) is 6.07 Å². The summed E-state index contributed by atoms with van der Waals surface area (Å²) >= 11 is 3.53. The summed E-state index contributed by atoms with van der Waals surface area (Å²) in [6, 6.07) is 6.42. The topological polar surface area (TPSA) is 35.2 Å². The minimum atomic E-state index is 0.213. The Hall–Kier alpha value is -0.540. The molecule has 1 atom stereocenters. The molecule has 0 radical (unpaired) electrons. The molecule has 0 bridgehead atoms. The lowest BCUT2D eigenvalue weighted by atomic mass is 9.98. The summed E-state index contributed by atoms with van der Waals surface area (Å²) in [6.45, 7) is 9.28. The Bertz CT molecular complexity index is 468. The van der Waals surface area contributed by atoms with Crippen LogP contribution in [0.2, 0.25) is 0 Å². The largest absolute Gasteiger partial charge is 0.496 e. The van der Waals surface area contributed by atoms with Gasteiger partial charge in [0.05, 0.1) is 11.6 Å². The van der Waals surface area contributed by atoms with E-state index < -0.39 is 0 Å². The van der Waals surface area contributed by atoms with Crippen molar-refractivity contribution in [3.05, 3.63) is 28.2 Å². The van der Waals surface area contributed by atoms with Gasteiger partial charge in [0.1, 0.15) is 5.75 Å². The quantitative estimate of drug-likeness (QED) is 0.907. The lowest BCUT2D eigenvalue weighted by Gasteiger charge is -2.15. The summed E-state index contributed by atoms with van der Waals surface area (Å²) in [5, 5.41) is 0. The van der Waals surface area contributed by atoms with Gasteiger partial charge in [0, 0.05) is 6.04 Å². The fourth-order valence-electron chi connectivity index (χ4n) is 3.54. The first kappa shape index (κ1) is 14.9. The number of hydrogen-bond donors (Lipinski definition) is 1. The molecular formula is C16H24BrNO. The molecule has 3 heteroatoms. The Labute approximate surface area is 124 Å². The fraction of sp³-hybridized carbons (Fsp3) is 0.625. The summed E-state index contributed by atoms with van der Waals surface area (Å²) in [5.74, 6) is 1.45. The second kappa shape index (κ2) is 4.78. The number of halogens is 1. The van der Waals surface area contributed by atoms with E-state index in [1.54, 1.807) is 7.11 Å². The summed E-state index contributed by atoms with van der Waals surface area (Å²) in [4.78, 5) is 0. The Morgan fingerprint density at radius 1 is 1.26 bits per heavy atom. The van der Waals surface area contributed by atoms with Gasteiger partial charge in [-0.2, -0.15) is 0 Å². The maximum Gasteiger partial charge on any atom is 0.133 e. The van der Waals surface area contributed by atoms with Crippen LogP contribution >= 0.6 is 15.9 Å². The number of methoxy groups -OCH3 is 1. The van der Waals surface area contributed by atoms with Crippen LogP contribution in [0.15, 0.2) is 22.7 Å². The molecule has 0 spiro atoms. The van der Waals surface area contributed by atoms with Crippen molar-refractivity contribution in [3.63, 3.8) is 0 Å². The summed E-state index contributed by atoms with van der Waals surface area (Å²) < 4.78 is 6.25. The molecule has 1 aromatic rings. The maximum absolute atomic E-state index is 6.44. The molecule has 2 rings (SSSR count). The van der Waals surface area contributed by atoms with E-state index in [0.29, 0.717) is 16.7 Å².